The van der Waals surface area contributed by atoms with Crippen molar-refractivity contribution >= 4 is 40.5 Å². The first kappa shape index (κ1) is 21.0. The van der Waals surface area contributed by atoms with E-state index in [0.717, 1.165) is 17.0 Å². The van der Waals surface area contributed by atoms with Gasteiger partial charge in [0.05, 0.1) is 22.3 Å². The van der Waals surface area contributed by atoms with E-state index in [2.05, 4.69) is 0 Å². The maximum atomic E-state index is 13.5. The van der Waals surface area contributed by atoms with E-state index >= 15 is 0 Å². The van der Waals surface area contributed by atoms with Crippen LogP contribution in [0.4, 0.5) is 21.5 Å². The van der Waals surface area contributed by atoms with Crippen molar-refractivity contribution in [1.29, 1.82) is 0 Å². The van der Waals surface area contributed by atoms with E-state index in [9.17, 15) is 24.1 Å². The minimum absolute atomic E-state index is 0.0489. The fourth-order valence-corrected chi connectivity index (χ4v) is 4.44. The first-order valence-corrected chi connectivity index (χ1v) is 10.3. The molecule has 5 rings (SSSR count). The number of fused-ring (bicyclic) bond motifs is 1. The lowest BCUT2D eigenvalue weighted by Gasteiger charge is -2.28. The lowest BCUT2D eigenvalue weighted by Crippen LogP contribution is -2.37. The number of hydroxylamine groups is 1. The Morgan fingerprint density at radius 3 is 2.30 bits per heavy atom. The zero-order valence-electron chi connectivity index (χ0n) is 16.8. The molecule has 0 saturated carbocycles. The molecule has 0 unspecified atom stereocenters. The molecular formula is C23H15ClFN3O5. The zero-order valence-corrected chi connectivity index (χ0v) is 17.6. The van der Waals surface area contributed by atoms with E-state index in [1.165, 1.54) is 29.3 Å². The van der Waals surface area contributed by atoms with Crippen molar-refractivity contribution in [2.45, 2.75) is 12.1 Å². The van der Waals surface area contributed by atoms with E-state index in [1.54, 1.807) is 36.4 Å². The van der Waals surface area contributed by atoms with Gasteiger partial charge in [-0.2, -0.15) is 0 Å². The average molecular weight is 468 g/mol. The number of imide groups is 1. The average Bonchev–Trinajstić information content (AvgIpc) is 3.31. The molecule has 0 aliphatic carbocycles. The van der Waals surface area contributed by atoms with E-state index < -0.39 is 40.6 Å². The van der Waals surface area contributed by atoms with Crippen LogP contribution < -0.4 is 9.96 Å². The van der Waals surface area contributed by atoms with Gasteiger partial charge in [0.15, 0.2) is 6.10 Å². The number of benzene rings is 3. The SMILES string of the molecule is O=C1[C@@H]2[C@@H](c3ccc(Cl)c([N+](=O)[O-])c3)N(c3ccccc3)O[C@H]2C(=O)N1c1ccc(F)cc1. The summed E-state index contributed by atoms with van der Waals surface area (Å²) in [5.74, 6) is -2.62. The second-order valence-electron chi connectivity index (χ2n) is 7.61. The summed E-state index contributed by atoms with van der Waals surface area (Å²) in [6.07, 6.45) is -1.15. The summed E-state index contributed by atoms with van der Waals surface area (Å²) in [7, 11) is 0. The van der Waals surface area contributed by atoms with E-state index in [1.807, 2.05) is 0 Å². The summed E-state index contributed by atoms with van der Waals surface area (Å²) in [6.45, 7) is 0. The van der Waals surface area contributed by atoms with Crippen molar-refractivity contribution in [1.82, 2.24) is 0 Å². The van der Waals surface area contributed by atoms with Crippen LogP contribution in [-0.4, -0.2) is 22.8 Å². The summed E-state index contributed by atoms with van der Waals surface area (Å²) in [5, 5.41) is 12.8. The largest absolute Gasteiger partial charge is 0.288 e. The van der Waals surface area contributed by atoms with Crippen LogP contribution in [0, 0.1) is 21.8 Å². The highest BCUT2D eigenvalue weighted by Gasteiger charge is 2.60. The third-order valence-corrected chi connectivity index (χ3v) is 6.04. The van der Waals surface area contributed by atoms with Crippen molar-refractivity contribution in [2.24, 2.45) is 5.92 Å². The molecule has 2 fully saturated rings. The lowest BCUT2D eigenvalue weighted by atomic mass is 9.90. The molecular weight excluding hydrogens is 453 g/mol. The Morgan fingerprint density at radius 2 is 1.64 bits per heavy atom. The predicted molar refractivity (Wildman–Crippen MR) is 117 cm³/mol. The number of hydrogen-bond donors (Lipinski definition) is 0. The molecule has 3 atom stereocenters. The van der Waals surface area contributed by atoms with Crippen LogP contribution in [0.5, 0.6) is 0 Å². The Balaban J connectivity index is 1.61. The molecule has 0 N–H and O–H groups in total. The summed E-state index contributed by atoms with van der Waals surface area (Å²) < 4.78 is 13.4. The number of carbonyl (C=O) groups is 2. The molecule has 8 nitrogen and oxygen atoms in total. The van der Waals surface area contributed by atoms with E-state index in [-0.39, 0.29) is 16.4 Å². The highest BCUT2D eigenvalue weighted by molar-refractivity contribution is 6.32. The molecule has 2 amide bonds. The highest BCUT2D eigenvalue weighted by Crippen LogP contribution is 2.48. The van der Waals surface area contributed by atoms with Crippen LogP contribution in [0.25, 0.3) is 0 Å². The van der Waals surface area contributed by atoms with Crippen molar-refractivity contribution in [2.75, 3.05) is 9.96 Å². The third-order valence-electron chi connectivity index (χ3n) is 5.72. The molecule has 2 aliphatic rings. The van der Waals surface area contributed by atoms with Gasteiger partial charge < -0.3 is 0 Å². The summed E-state index contributed by atoms with van der Waals surface area (Å²) >= 11 is 5.98. The fraction of sp³-hybridized carbons (Fsp3) is 0.130. The number of amides is 2. The Kier molecular flexibility index (Phi) is 5.07. The maximum absolute atomic E-state index is 13.5. The van der Waals surface area contributed by atoms with Crippen molar-refractivity contribution in [3.8, 4) is 0 Å². The Bertz CT molecular complexity index is 1270. The number of para-hydroxylation sites is 1. The van der Waals surface area contributed by atoms with Crippen molar-refractivity contribution < 1.29 is 23.7 Å². The molecule has 2 aliphatic heterocycles. The molecule has 3 aromatic carbocycles. The van der Waals surface area contributed by atoms with Gasteiger partial charge in [0.1, 0.15) is 16.8 Å². The topological polar surface area (TPSA) is 93.0 Å². The van der Waals surface area contributed by atoms with Crippen molar-refractivity contribution in [3.63, 3.8) is 0 Å². The van der Waals surface area contributed by atoms with Gasteiger partial charge >= 0.3 is 0 Å². The molecule has 2 saturated heterocycles. The van der Waals surface area contributed by atoms with Gasteiger partial charge in [-0.15, -0.1) is 0 Å². The lowest BCUT2D eigenvalue weighted by molar-refractivity contribution is -0.384. The molecule has 10 heteroatoms. The van der Waals surface area contributed by atoms with Gasteiger partial charge in [-0.05, 0) is 48.0 Å². The van der Waals surface area contributed by atoms with Crippen LogP contribution in [0.1, 0.15) is 11.6 Å². The van der Waals surface area contributed by atoms with Gasteiger partial charge in [0.25, 0.3) is 11.6 Å². The molecule has 0 bridgehead atoms. The zero-order chi connectivity index (χ0) is 23.3. The van der Waals surface area contributed by atoms with Crippen LogP contribution in [0.2, 0.25) is 5.02 Å². The van der Waals surface area contributed by atoms with Crippen LogP contribution in [-0.2, 0) is 14.4 Å². The third kappa shape index (κ3) is 3.42. The first-order chi connectivity index (χ1) is 15.9. The number of nitro benzene ring substituents is 1. The Labute approximate surface area is 191 Å². The predicted octanol–water partition coefficient (Wildman–Crippen LogP) is 4.44. The normalized spacial score (nSPS) is 22.1. The molecule has 0 aromatic heterocycles. The first-order valence-electron chi connectivity index (χ1n) is 9.95. The molecule has 33 heavy (non-hydrogen) atoms. The summed E-state index contributed by atoms with van der Waals surface area (Å²) in [4.78, 5) is 44.5. The van der Waals surface area contributed by atoms with Gasteiger partial charge in [0, 0.05) is 6.07 Å². The van der Waals surface area contributed by atoms with Gasteiger partial charge in [-0.3, -0.25) is 24.5 Å². The monoisotopic (exact) mass is 467 g/mol. The minimum atomic E-state index is -1.15. The second-order valence-corrected chi connectivity index (χ2v) is 8.02. The van der Waals surface area contributed by atoms with Crippen LogP contribution in [0.3, 0.4) is 0 Å². The Hall–Kier alpha value is -3.82. The molecule has 166 valence electrons. The maximum Gasteiger partial charge on any atom is 0.288 e. The number of nitro groups is 1. The van der Waals surface area contributed by atoms with Gasteiger partial charge in [0.2, 0.25) is 5.91 Å². The summed E-state index contributed by atoms with van der Waals surface area (Å²) in [5.41, 5.74) is 0.863. The highest BCUT2D eigenvalue weighted by atomic mass is 35.5. The van der Waals surface area contributed by atoms with Crippen LogP contribution in [0.15, 0.2) is 72.8 Å². The smallest absolute Gasteiger partial charge is 0.273 e. The minimum Gasteiger partial charge on any atom is -0.273 e. The van der Waals surface area contributed by atoms with Crippen LogP contribution >= 0.6 is 11.6 Å². The van der Waals surface area contributed by atoms with E-state index in [4.69, 9.17) is 16.4 Å². The molecule has 0 spiro atoms. The number of rotatable bonds is 4. The number of anilines is 2. The number of carbonyl (C=O) groups excluding carboxylic acids is 2. The van der Waals surface area contributed by atoms with Crippen molar-refractivity contribution in [3.05, 3.63) is 99.3 Å². The fourth-order valence-electron chi connectivity index (χ4n) is 4.25. The number of nitrogens with zero attached hydrogens (tertiary/aromatic N) is 3. The van der Waals surface area contributed by atoms with E-state index in [0.29, 0.717) is 11.3 Å². The number of halogens is 2. The molecule has 3 aromatic rings. The Morgan fingerprint density at radius 1 is 0.939 bits per heavy atom. The number of hydrogen-bond acceptors (Lipinski definition) is 6. The quantitative estimate of drug-likeness (QED) is 0.320. The second kappa shape index (κ2) is 7.95. The summed E-state index contributed by atoms with van der Waals surface area (Å²) in [6, 6.07) is 17.2. The standard InChI is InChI=1S/C23H15ClFN3O5/c24-17-11-6-13(12-18(17)28(31)32)20-19-21(33-27(20)16-4-2-1-3-5-16)23(30)26(22(19)29)15-9-7-14(25)8-10-15/h1-12,19-21H/t19-,20-,21-/m1/s1. The van der Waals surface area contributed by atoms with Gasteiger partial charge in [-0.25, -0.2) is 14.4 Å². The molecule has 0 radical (unpaired) electrons. The molecule has 2 heterocycles. The van der Waals surface area contributed by atoms with Gasteiger partial charge in [-0.1, -0.05) is 35.9 Å².